The standard InChI is InChI=1S/2C40H25N5.C34H21N5/c41-26-27-23-31(28-19-21-33(22-20-28)45-36-17-9-7-15-34(36)35-16-8-10-18-37(35)45)25-32(24-27)40-43-38(29-11-3-1-4-12-29)42-39(44-40)30-13-5-2-6-14-30;41-26-27-23-32(25-33(24-27)45-36-17-9-7-15-34(36)35-16-8-10-18-37(35)45)28-19-21-31(22-20-28)40-43-38(29-11-3-1-4-12-29)42-39(44-40)30-13-5-2-6-14-30;35-22-23-19-26(21-27(20-23)39-30-17-9-7-15-28(30)29-16-8-10-18-31(29)39)34-37-32(24-11-3-1-4-12-24)36-33(38-34)25-13-5-2-6-14-25/h2*1-25H;1-21H. The molecule has 6 heterocycles. The number of aromatic nitrogens is 12. The Kier molecular flexibility index (Phi) is 20.8. The Hall–Kier alpha value is -18.4. The summed E-state index contributed by atoms with van der Waals surface area (Å²) >= 11 is 0. The Morgan fingerprint density at radius 1 is 0.147 bits per heavy atom. The molecule has 0 aliphatic carbocycles. The Morgan fingerprint density at radius 2 is 0.333 bits per heavy atom. The van der Waals surface area contributed by atoms with Crippen LogP contribution in [-0.4, -0.2) is 58.6 Å². The minimum absolute atomic E-state index is 0.516. The molecule has 6 aromatic heterocycles. The average Bonchev–Trinajstić information content (AvgIpc) is 1.61. The smallest absolute Gasteiger partial charge is 0.164 e. The van der Waals surface area contributed by atoms with Crippen LogP contribution in [0.25, 0.3) is 207 Å². The van der Waals surface area contributed by atoms with Gasteiger partial charge < -0.3 is 13.7 Å². The number of hydrogen-bond donors (Lipinski definition) is 0. The van der Waals surface area contributed by atoms with E-state index >= 15 is 0 Å². The first-order chi connectivity index (χ1) is 63.8. The summed E-state index contributed by atoms with van der Waals surface area (Å²) in [7, 11) is 0. The molecule has 0 aliphatic rings. The highest BCUT2D eigenvalue weighted by Crippen LogP contribution is 2.40. The molecule has 0 unspecified atom stereocenters. The van der Waals surface area contributed by atoms with E-state index in [-0.39, 0.29) is 0 Å². The summed E-state index contributed by atoms with van der Waals surface area (Å²) in [6, 6.07) is 151. The number of hydrogen-bond acceptors (Lipinski definition) is 12. The summed E-state index contributed by atoms with van der Waals surface area (Å²) < 4.78 is 6.74. The number of nitriles is 3. The molecule has 15 heteroatoms. The number of rotatable bonds is 14. The lowest BCUT2D eigenvalue weighted by Gasteiger charge is -2.12. The lowest BCUT2D eigenvalue weighted by atomic mass is 9.99. The van der Waals surface area contributed by atoms with Gasteiger partial charge in [-0.15, -0.1) is 0 Å². The summed E-state index contributed by atoms with van der Waals surface area (Å²) in [4.78, 5) is 43.7. The van der Waals surface area contributed by atoms with Crippen molar-refractivity contribution in [3.63, 3.8) is 0 Å². The van der Waals surface area contributed by atoms with Crippen LogP contribution in [0.3, 0.4) is 0 Å². The van der Waals surface area contributed by atoms with Gasteiger partial charge in [-0.25, -0.2) is 44.9 Å². The second kappa shape index (κ2) is 34.5. The van der Waals surface area contributed by atoms with Crippen LogP contribution in [0.1, 0.15) is 16.7 Å². The lowest BCUT2D eigenvalue weighted by Crippen LogP contribution is -2.01. The molecule has 0 aliphatic heterocycles. The first kappa shape index (κ1) is 77.9. The summed E-state index contributed by atoms with van der Waals surface area (Å²) in [6.07, 6.45) is 0. The van der Waals surface area contributed by atoms with Crippen molar-refractivity contribution in [3.05, 3.63) is 447 Å². The fraction of sp³-hybridized carbons (Fsp3) is 0. The van der Waals surface area contributed by atoms with Gasteiger partial charge in [-0.1, -0.05) is 328 Å². The van der Waals surface area contributed by atoms with Gasteiger partial charge in [0.1, 0.15) is 0 Å². The van der Waals surface area contributed by atoms with E-state index in [0.29, 0.717) is 69.1 Å². The van der Waals surface area contributed by atoms with Crippen molar-refractivity contribution in [2.45, 2.75) is 0 Å². The highest BCUT2D eigenvalue weighted by atomic mass is 15.1. The first-order valence-corrected chi connectivity index (χ1v) is 42.2. The molecule has 17 aromatic carbocycles. The van der Waals surface area contributed by atoms with Crippen molar-refractivity contribution in [2.24, 2.45) is 0 Å². The molecule has 15 nitrogen and oxygen atoms in total. The van der Waals surface area contributed by atoms with E-state index in [1.807, 2.05) is 243 Å². The Balaban J connectivity index is 0.000000118. The van der Waals surface area contributed by atoms with Crippen LogP contribution in [0.2, 0.25) is 0 Å². The van der Waals surface area contributed by atoms with E-state index < -0.39 is 0 Å². The maximum atomic E-state index is 10.0. The van der Waals surface area contributed by atoms with Crippen LogP contribution in [0.15, 0.2) is 431 Å². The second-order valence-corrected chi connectivity index (χ2v) is 31.0. The van der Waals surface area contributed by atoms with Gasteiger partial charge in [0.15, 0.2) is 52.4 Å². The minimum atomic E-state index is 0.516. The molecule has 0 amide bonds. The zero-order valence-corrected chi connectivity index (χ0v) is 69.2. The maximum Gasteiger partial charge on any atom is 0.164 e. The van der Waals surface area contributed by atoms with Crippen LogP contribution in [0.5, 0.6) is 0 Å². The fourth-order valence-electron chi connectivity index (χ4n) is 16.9. The monoisotopic (exact) mass is 1650 g/mol. The summed E-state index contributed by atoms with van der Waals surface area (Å²) in [6.45, 7) is 0. The topological polar surface area (TPSA) is 202 Å². The van der Waals surface area contributed by atoms with Crippen molar-refractivity contribution in [2.75, 3.05) is 0 Å². The van der Waals surface area contributed by atoms with E-state index in [9.17, 15) is 15.8 Å². The molecule has 0 bridgehead atoms. The molecule has 23 aromatic rings. The van der Waals surface area contributed by atoms with E-state index in [1.54, 1.807) is 0 Å². The number of para-hydroxylation sites is 6. The predicted octanol–water partition coefficient (Wildman–Crippen LogP) is 26.9. The molecule has 0 saturated carbocycles. The van der Waals surface area contributed by atoms with Crippen molar-refractivity contribution in [3.8, 4) is 160 Å². The lowest BCUT2D eigenvalue weighted by molar-refractivity contribution is 1.07. The van der Waals surface area contributed by atoms with Crippen LogP contribution in [0.4, 0.5) is 0 Å². The van der Waals surface area contributed by atoms with Gasteiger partial charge in [0.25, 0.3) is 0 Å². The SMILES string of the molecule is N#Cc1cc(-c2ccc(-c3nc(-c4ccccc4)nc(-c4ccccc4)n3)cc2)cc(-n2c3ccccc3c3ccccc32)c1.N#Cc1cc(-c2ccc(-n3c4ccccc4c4ccccc43)cc2)cc(-c2nc(-c3ccccc3)nc(-c3ccccc3)n2)c1.N#Cc1cc(-c2nc(-c3ccccc3)nc(-c3ccccc3)n2)cc(-n2c3ccccc3c3ccccc32)c1. The van der Waals surface area contributed by atoms with Gasteiger partial charge in [-0.05, 0) is 125 Å². The third-order valence-electron chi connectivity index (χ3n) is 23.0. The van der Waals surface area contributed by atoms with Crippen LogP contribution in [0, 0.1) is 34.0 Å². The Morgan fingerprint density at radius 3 is 0.605 bits per heavy atom. The molecule has 129 heavy (non-hydrogen) atoms. The fourth-order valence-corrected chi connectivity index (χ4v) is 16.9. The largest absolute Gasteiger partial charge is 0.309 e. The van der Waals surface area contributed by atoms with Gasteiger partial charge in [-0.3, -0.25) is 0 Å². The molecule has 0 spiro atoms. The molecule has 0 radical (unpaired) electrons. The molecule has 602 valence electrons. The van der Waals surface area contributed by atoms with E-state index in [1.165, 1.54) is 32.6 Å². The molecule has 23 rings (SSSR count). The zero-order valence-electron chi connectivity index (χ0n) is 69.2. The molecular formula is C114H71N15. The molecular weight excluding hydrogens is 1580 g/mol. The Bertz CT molecular complexity index is 7970. The molecule has 0 saturated heterocycles. The third kappa shape index (κ3) is 15.6. The summed E-state index contributed by atoms with van der Waals surface area (Å²) in [5.74, 6) is 5.22. The zero-order chi connectivity index (χ0) is 86.5. The summed E-state index contributed by atoms with van der Waals surface area (Å²) in [5, 5.41) is 37.2. The normalized spacial score (nSPS) is 11.1. The van der Waals surface area contributed by atoms with Gasteiger partial charge in [0, 0.05) is 99.5 Å². The van der Waals surface area contributed by atoms with Crippen molar-refractivity contribution in [1.29, 1.82) is 15.8 Å². The van der Waals surface area contributed by atoms with E-state index in [0.717, 1.165) is 122 Å². The highest BCUT2D eigenvalue weighted by Gasteiger charge is 2.22. The molecule has 0 atom stereocenters. The molecule has 0 fully saturated rings. The minimum Gasteiger partial charge on any atom is -0.309 e. The number of fused-ring (bicyclic) bond motifs is 9. The first-order valence-electron chi connectivity index (χ1n) is 42.2. The average molecular weight is 1650 g/mol. The van der Waals surface area contributed by atoms with Gasteiger partial charge in [0.2, 0.25) is 0 Å². The number of benzene rings is 17. The maximum absolute atomic E-state index is 10.0. The van der Waals surface area contributed by atoms with Crippen LogP contribution < -0.4 is 0 Å². The van der Waals surface area contributed by atoms with Crippen molar-refractivity contribution < 1.29 is 0 Å². The van der Waals surface area contributed by atoms with Gasteiger partial charge in [0.05, 0.1) is 68.0 Å². The third-order valence-corrected chi connectivity index (χ3v) is 23.0. The van der Waals surface area contributed by atoms with Crippen molar-refractivity contribution >= 4 is 65.4 Å². The van der Waals surface area contributed by atoms with Gasteiger partial charge in [-0.2, -0.15) is 15.8 Å². The second-order valence-electron chi connectivity index (χ2n) is 31.0. The van der Waals surface area contributed by atoms with E-state index in [2.05, 4.69) is 220 Å². The van der Waals surface area contributed by atoms with E-state index in [4.69, 9.17) is 44.9 Å². The predicted molar refractivity (Wildman–Crippen MR) is 516 cm³/mol. The Labute approximate surface area is 742 Å². The van der Waals surface area contributed by atoms with Crippen LogP contribution in [-0.2, 0) is 0 Å². The van der Waals surface area contributed by atoms with Crippen molar-refractivity contribution in [1.82, 2.24) is 58.6 Å². The molecule has 0 N–H and O–H groups in total. The number of nitrogens with zero attached hydrogens (tertiary/aromatic N) is 15. The summed E-state index contributed by atoms with van der Waals surface area (Å²) in [5.41, 5.74) is 23.0. The quantitative estimate of drug-likeness (QED) is 0.0998. The highest BCUT2D eigenvalue weighted by molar-refractivity contribution is 6.11. The van der Waals surface area contributed by atoms with Crippen LogP contribution >= 0.6 is 0 Å². The van der Waals surface area contributed by atoms with Gasteiger partial charge >= 0.3 is 0 Å².